The van der Waals surface area contributed by atoms with Crippen LogP contribution in [0.25, 0.3) is 0 Å². The Morgan fingerprint density at radius 3 is 1.02 bits per heavy atom. The second kappa shape index (κ2) is 34.7. The summed E-state index contributed by atoms with van der Waals surface area (Å²) in [7, 11) is 0. The fraction of sp³-hybridized carbons (Fsp3) is 0.925. The maximum atomic E-state index is 11.3. The van der Waals surface area contributed by atoms with E-state index in [1.807, 2.05) is 0 Å². The summed E-state index contributed by atoms with van der Waals surface area (Å²) in [5.41, 5.74) is 0.496. The van der Waals surface area contributed by atoms with E-state index in [1.54, 1.807) is 6.92 Å². The summed E-state index contributed by atoms with van der Waals surface area (Å²) in [6.07, 6.45) is 45.4. The summed E-state index contributed by atoms with van der Waals surface area (Å²) in [6, 6.07) is 0. The first-order valence-corrected chi connectivity index (χ1v) is 19.4. The molecule has 0 aromatic carbocycles. The van der Waals surface area contributed by atoms with Gasteiger partial charge in [-0.1, -0.05) is 219 Å². The molecule has 0 radical (unpaired) electrons. The third-order valence-corrected chi connectivity index (χ3v) is 9.22. The number of esters is 1. The van der Waals surface area contributed by atoms with Crippen LogP contribution in [0, 0.1) is 5.92 Å². The Balaban J connectivity index is 3.18. The molecule has 0 rings (SSSR count). The average Bonchev–Trinajstić information content (AvgIpc) is 2.98. The molecule has 0 bridgehead atoms. The van der Waals surface area contributed by atoms with Crippen molar-refractivity contribution in [2.24, 2.45) is 5.92 Å². The lowest BCUT2D eigenvalue weighted by Crippen LogP contribution is -2.05. The van der Waals surface area contributed by atoms with Gasteiger partial charge in [-0.15, -0.1) is 0 Å². The number of hydrogen-bond donors (Lipinski definition) is 0. The molecule has 42 heavy (non-hydrogen) atoms. The van der Waals surface area contributed by atoms with Crippen molar-refractivity contribution in [1.29, 1.82) is 0 Å². The first-order valence-electron chi connectivity index (χ1n) is 19.4. The van der Waals surface area contributed by atoms with Gasteiger partial charge in [-0.2, -0.15) is 0 Å². The molecule has 0 aliphatic rings. The Morgan fingerprint density at radius 2 is 0.738 bits per heavy atom. The molecule has 0 N–H and O–H groups in total. The third kappa shape index (κ3) is 33.7. The lowest BCUT2D eigenvalue weighted by molar-refractivity contribution is -0.139. The second-order valence-electron chi connectivity index (χ2n) is 13.9. The molecule has 0 saturated heterocycles. The van der Waals surface area contributed by atoms with E-state index < -0.39 is 0 Å². The van der Waals surface area contributed by atoms with E-state index in [0.717, 1.165) is 12.3 Å². The molecule has 0 heterocycles. The average molecular weight is 591 g/mol. The van der Waals surface area contributed by atoms with Gasteiger partial charge >= 0.3 is 5.97 Å². The molecule has 0 spiro atoms. The molecule has 0 aromatic heterocycles. The van der Waals surface area contributed by atoms with Crippen molar-refractivity contribution in [3.63, 3.8) is 0 Å². The van der Waals surface area contributed by atoms with Crippen LogP contribution >= 0.6 is 0 Å². The Kier molecular flexibility index (Phi) is 34.0. The van der Waals surface area contributed by atoms with Gasteiger partial charge in [-0.05, 0) is 19.3 Å². The largest absolute Gasteiger partial charge is 0.462 e. The number of carbonyl (C=O) groups is 1. The third-order valence-electron chi connectivity index (χ3n) is 9.22. The highest BCUT2D eigenvalue weighted by molar-refractivity contribution is 5.86. The monoisotopic (exact) mass is 591 g/mol. The van der Waals surface area contributed by atoms with Crippen molar-refractivity contribution in [3.05, 3.63) is 12.2 Å². The molecule has 1 unspecified atom stereocenters. The Labute approximate surface area is 266 Å². The predicted octanol–water partition coefficient (Wildman–Crippen LogP) is 14.2. The summed E-state index contributed by atoms with van der Waals surface area (Å²) in [5, 5.41) is 0. The van der Waals surface area contributed by atoms with Crippen molar-refractivity contribution in [2.75, 3.05) is 6.61 Å². The van der Waals surface area contributed by atoms with Crippen LogP contribution < -0.4 is 0 Å². The van der Waals surface area contributed by atoms with E-state index in [2.05, 4.69) is 20.4 Å². The molecule has 1 atom stereocenters. The SMILES string of the molecule is C=C(C)C(=O)OCCCCCCCCCCCCCCC(C)CCCCCCCCCCCCCCCCCCCC. The fourth-order valence-corrected chi connectivity index (χ4v) is 6.19. The lowest BCUT2D eigenvalue weighted by atomic mass is 9.95. The second-order valence-corrected chi connectivity index (χ2v) is 13.9. The topological polar surface area (TPSA) is 26.3 Å². The summed E-state index contributed by atoms with van der Waals surface area (Å²) in [6.45, 7) is 10.6. The van der Waals surface area contributed by atoms with Crippen LogP contribution in [0.2, 0.25) is 0 Å². The minimum absolute atomic E-state index is 0.250. The van der Waals surface area contributed by atoms with Crippen LogP contribution in [0.5, 0.6) is 0 Å². The van der Waals surface area contributed by atoms with Crippen LogP contribution in [0.1, 0.15) is 226 Å². The number of hydrogen-bond acceptors (Lipinski definition) is 2. The van der Waals surface area contributed by atoms with Gasteiger partial charge < -0.3 is 4.74 Å². The van der Waals surface area contributed by atoms with Crippen LogP contribution in [0.15, 0.2) is 12.2 Å². The van der Waals surface area contributed by atoms with Gasteiger partial charge in [-0.25, -0.2) is 4.79 Å². The summed E-state index contributed by atoms with van der Waals surface area (Å²) >= 11 is 0. The molecular formula is C40H78O2. The summed E-state index contributed by atoms with van der Waals surface area (Å²) in [4.78, 5) is 11.3. The van der Waals surface area contributed by atoms with E-state index in [-0.39, 0.29) is 5.97 Å². The molecule has 0 fully saturated rings. The van der Waals surface area contributed by atoms with E-state index in [4.69, 9.17) is 4.74 Å². The fourth-order valence-electron chi connectivity index (χ4n) is 6.19. The van der Waals surface area contributed by atoms with Crippen molar-refractivity contribution < 1.29 is 9.53 Å². The predicted molar refractivity (Wildman–Crippen MR) is 188 cm³/mol. The van der Waals surface area contributed by atoms with E-state index in [1.165, 1.54) is 199 Å². The zero-order chi connectivity index (χ0) is 30.8. The summed E-state index contributed by atoms with van der Waals surface area (Å²) < 4.78 is 5.14. The molecular weight excluding hydrogens is 512 g/mol. The zero-order valence-electron chi connectivity index (χ0n) is 29.4. The molecule has 0 saturated carbocycles. The highest BCUT2D eigenvalue weighted by atomic mass is 16.5. The molecule has 0 aliphatic heterocycles. The van der Waals surface area contributed by atoms with Crippen molar-refractivity contribution in [3.8, 4) is 0 Å². The molecule has 2 heteroatoms. The Bertz CT molecular complexity index is 554. The first-order chi connectivity index (χ1) is 20.6. The molecule has 0 amide bonds. The van der Waals surface area contributed by atoms with Crippen molar-refractivity contribution in [2.45, 2.75) is 226 Å². The zero-order valence-corrected chi connectivity index (χ0v) is 29.4. The van der Waals surface area contributed by atoms with Gasteiger partial charge in [0.15, 0.2) is 0 Å². The number of carbonyl (C=O) groups excluding carboxylic acids is 1. The maximum absolute atomic E-state index is 11.3. The highest BCUT2D eigenvalue weighted by Gasteiger charge is 2.03. The van der Waals surface area contributed by atoms with Crippen LogP contribution in [0.3, 0.4) is 0 Å². The Morgan fingerprint density at radius 1 is 0.476 bits per heavy atom. The number of rotatable bonds is 35. The lowest BCUT2D eigenvalue weighted by Gasteiger charge is -2.11. The maximum Gasteiger partial charge on any atom is 0.333 e. The molecule has 0 aromatic rings. The number of ether oxygens (including phenoxy) is 1. The molecule has 2 nitrogen and oxygen atoms in total. The quantitative estimate of drug-likeness (QED) is 0.0417. The standard InChI is InChI=1S/C40H78O2/c1-5-6-7-8-9-10-11-12-13-14-15-16-17-20-23-26-29-32-35-39(4)36-33-30-27-24-21-18-19-22-25-28-31-34-37-42-40(41)38(2)3/h39H,2,5-37H2,1,3-4H3. The minimum Gasteiger partial charge on any atom is -0.462 e. The summed E-state index contributed by atoms with van der Waals surface area (Å²) in [5.74, 6) is 0.685. The van der Waals surface area contributed by atoms with Crippen LogP contribution in [-0.4, -0.2) is 12.6 Å². The van der Waals surface area contributed by atoms with Crippen LogP contribution in [-0.2, 0) is 9.53 Å². The molecule has 0 aliphatic carbocycles. The highest BCUT2D eigenvalue weighted by Crippen LogP contribution is 2.20. The van der Waals surface area contributed by atoms with E-state index in [0.29, 0.717) is 12.2 Å². The normalized spacial score (nSPS) is 12.1. The molecule has 250 valence electrons. The van der Waals surface area contributed by atoms with Gasteiger partial charge in [0.25, 0.3) is 0 Å². The smallest absolute Gasteiger partial charge is 0.333 e. The van der Waals surface area contributed by atoms with Gasteiger partial charge in [0.1, 0.15) is 0 Å². The minimum atomic E-state index is -0.250. The van der Waals surface area contributed by atoms with E-state index in [9.17, 15) is 4.79 Å². The van der Waals surface area contributed by atoms with Crippen molar-refractivity contribution >= 4 is 5.97 Å². The van der Waals surface area contributed by atoms with Gasteiger partial charge in [0.2, 0.25) is 0 Å². The van der Waals surface area contributed by atoms with Gasteiger partial charge in [0.05, 0.1) is 6.61 Å². The van der Waals surface area contributed by atoms with Crippen LogP contribution in [0.4, 0.5) is 0 Å². The van der Waals surface area contributed by atoms with E-state index >= 15 is 0 Å². The van der Waals surface area contributed by atoms with Gasteiger partial charge in [-0.3, -0.25) is 0 Å². The first kappa shape index (κ1) is 41.2. The van der Waals surface area contributed by atoms with Gasteiger partial charge in [0, 0.05) is 5.57 Å². The number of unbranched alkanes of at least 4 members (excludes halogenated alkanes) is 28. The van der Waals surface area contributed by atoms with Crippen molar-refractivity contribution in [1.82, 2.24) is 0 Å². The Hall–Kier alpha value is -0.790.